The minimum Gasteiger partial charge on any atom is -0.383 e. The molecule has 1 atom stereocenters. The van der Waals surface area contributed by atoms with Gasteiger partial charge in [0.2, 0.25) is 0 Å². The standard InChI is InChI=1S/C10H16BrF2N3O/c1-3-14-8(10(12)13)9-7(11)6-15-16(9)4-5-17-2/h6,8,10,14H,3-5H2,1-2H3. The number of hydrogen-bond donors (Lipinski definition) is 1. The predicted molar refractivity (Wildman–Crippen MR) is 64.2 cm³/mol. The summed E-state index contributed by atoms with van der Waals surface area (Å²) in [7, 11) is 1.56. The van der Waals surface area contributed by atoms with Crippen LogP contribution in [0.15, 0.2) is 10.7 Å². The number of nitrogens with zero attached hydrogens (tertiary/aromatic N) is 2. The van der Waals surface area contributed by atoms with Crippen molar-refractivity contribution in [3.05, 3.63) is 16.4 Å². The second kappa shape index (κ2) is 7.03. The zero-order chi connectivity index (χ0) is 12.8. The summed E-state index contributed by atoms with van der Waals surface area (Å²) in [4.78, 5) is 0. The Balaban J connectivity index is 2.95. The van der Waals surface area contributed by atoms with Crippen LogP contribution in [0.3, 0.4) is 0 Å². The largest absolute Gasteiger partial charge is 0.383 e. The van der Waals surface area contributed by atoms with E-state index in [1.807, 2.05) is 0 Å². The van der Waals surface area contributed by atoms with Gasteiger partial charge in [0.1, 0.15) is 6.04 Å². The Labute approximate surface area is 107 Å². The third-order valence-corrected chi connectivity index (χ3v) is 2.92. The van der Waals surface area contributed by atoms with Crippen molar-refractivity contribution in [2.75, 3.05) is 20.3 Å². The summed E-state index contributed by atoms with van der Waals surface area (Å²) in [5, 5.41) is 6.82. The van der Waals surface area contributed by atoms with Crippen molar-refractivity contribution in [2.24, 2.45) is 0 Å². The molecule has 98 valence electrons. The summed E-state index contributed by atoms with van der Waals surface area (Å²) in [6.45, 7) is 3.14. The third-order valence-electron chi connectivity index (χ3n) is 2.31. The van der Waals surface area contributed by atoms with Gasteiger partial charge in [-0.3, -0.25) is 4.68 Å². The summed E-state index contributed by atoms with van der Waals surface area (Å²) in [5.41, 5.74) is 0.457. The quantitative estimate of drug-likeness (QED) is 0.839. The number of rotatable bonds is 7. The van der Waals surface area contributed by atoms with E-state index >= 15 is 0 Å². The Hall–Kier alpha value is -0.530. The Bertz CT molecular complexity index is 346. The van der Waals surface area contributed by atoms with Crippen LogP contribution in [-0.4, -0.2) is 36.5 Å². The molecule has 0 aliphatic heterocycles. The van der Waals surface area contributed by atoms with Gasteiger partial charge in [0.25, 0.3) is 6.43 Å². The van der Waals surface area contributed by atoms with Gasteiger partial charge >= 0.3 is 0 Å². The number of alkyl halides is 2. The molecule has 0 radical (unpaired) electrons. The molecule has 4 nitrogen and oxygen atoms in total. The zero-order valence-electron chi connectivity index (χ0n) is 9.79. The predicted octanol–water partition coefficient (Wildman–Crippen LogP) is 2.21. The molecule has 1 N–H and O–H groups in total. The number of aromatic nitrogens is 2. The smallest absolute Gasteiger partial charge is 0.259 e. The molecule has 0 fully saturated rings. The molecule has 0 bridgehead atoms. The molecule has 0 aromatic carbocycles. The molecule has 0 saturated heterocycles. The van der Waals surface area contributed by atoms with Crippen molar-refractivity contribution in [1.82, 2.24) is 15.1 Å². The van der Waals surface area contributed by atoms with Gasteiger partial charge in [0.15, 0.2) is 0 Å². The number of nitrogens with one attached hydrogen (secondary N) is 1. The van der Waals surface area contributed by atoms with Gasteiger partial charge in [-0.15, -0.1) is 0 Å². The van der Waals surface area contributed by atoms with Crippen LogP contribution in [0.5, 0.6) is 0 Å². The third kappa shape index (κ3) is 3.72. The van der Waals surface area contributed by atoms with Crippen LogP contribution in [-0.2, 0) is 11.3 Å². The van der Waals surface area contributed by atoms with Crippen LogP contribution in [0.2, 0.25) is 0 Å². The van der Waals surface area contributed by atoms with E-state index in [2.05, 4.69) is 26.3 Å². The summed E-state index contributed by atoms with van der Waals surface area (Å²) < 4.78 is 33.0. The van der Waals surface area contributed by atoms with E-state index in [1.165, 1.54) is 10.9 Å². The van der Waals surface area contributed by atoms with E-state index in [0.717, 1.165) is 0 Å². The Kier molecular flexibility index (Phi) is 6.01. The molecule has 1 rings (SSSR count). The van der Waals surface area contributed by atoms with Crippen LogP contribution < -0.4 is 5.32 Å². The monoisotopic (exact) mass is 311 g/mol. The van der Waals surface area contributed by atoms with Crippen molar-refractivity contribution in [3.8, 4) is 0 Å². The highest BCUT2D eigenvalue weighted by Gasteiger charge is 2.27. The van der Waals surface area contributed by atoms with E-state index in [1.54, 1.807) is 14.0 Å². The molecule has 0 amide bonds. The van der Waals surface area contributed by atoms with E-state index in [9.17, 15) is 8.78 Å². The molecule has 1 unspecified atom stereocenters. The van der Waals surface area contributed by atoms with Crippen LogP contribution in [0.1, 0.15) is 18.7 Å². The first-order valence-electron chi connectivity index (χ1n) is 5.33. The number of methoxy groups -OCH3 is 1. The molecule has 17 heavy (non-hydrogen) atoms. The summed E-state index contributed by atoms with van der Waals surface area (Å²) in [6, 6.07) is -1.02. The second-order valence-electron chi connectivity index (χ2n) is 3.46. The Morgan fingerprint density at radius 3 is 2.82 bits per heavy atom. The molecule has 0 aliphatic carbocycles. The average molecular weight is 312 g/mol. The van der Waals surface area contributed by atoms with Gasteiger partial charge in [-0.2, -0.15) is 5.10 Å². The van der Waals surface area contributed by atoms with Crippen molar-refractivity contribution < 1.29 is 13.5 Å². The average Bonchev–Trinajstić information content (AvgIpc) is 2.64. The maximum atomic E-state index is 13.0. The minimum absolute atomic E-state index is 0.434. The SMILES string of the molecule is CCNC(c1c(Br)cnn1CCOC)C(F)F. The molecule has 0 spiro atoms. The molecule has 1 heterocycles. The zero-order valence-corrected chi connectivity index (χ0v) is 11.4. The van der Waals surface area contributed by atoms with E-state index < -0.39 is 12.5 Å². The summed E-state index contributed by atoms with van der Waals surface area (Å²) in [6.07, 6.45) is -0.957. The van der Waals surface area contributed by atoms with Crippen LogP contribution in [0.25, 0.3) is 0 Å². The number of hydrogen-bond acceptors (Lipinski definition) is 3. The highest BCUT2D eigenvalue weighted by atomic mass is 79.9. The maximum absolute atomic E-state index is 13.0. The molecular weight excluding hydrogens is 296 g/mol. The van der Waals surface area contributed by atoms with Gasteiger partial charge in [-0.25, -0.2) is 8.78 Å². The molecule has 7 heteroatoms. The lowest BCUT2D eigenvalue weighted by Crippen LogP contribution is -2.30. The molecular formula is C10H16BrF2N3O. The van der Waals surface area contributed by atoms with Gasteiger partial charge in [-0.05, 0) is 22.5 Å². The lowest BCUT2D eigenvalue weighted by molar-refractivity contribution is 0.0931. The maximum Gasteiger partial charge on any atom is 0.259 e. The first kappa shape index (κ1) is 14.5. The topological polar surface area (TPSA) is 39.1 Å². The molecule has 0 saturated carbocycles. The number of ether oxygens (including phenoxy) is 1. The molecule has 1 aromatic heterocycles. The Morgan fingerprint density at radius 1 is 1.59 bits per heavy atom. The molecule has 0 aliphatic rings. The lowest BCUT2D eigenvalue weighted by Gasteiger charge is -2.19. The van der Waals surface area contributed by atoms with Gasteiger partial charge in [0.05, 0.1) is 29.5 Å². The van der Waals surface area contributed by atoms with Crippen molar-refractivity contribution >= 4 is 15.9 Å². The Morgan fingerprint density at radius 2 is 2.29 bits per heavy atom. The van der Waals surface area contributed by atoms with E-state index in [-0.39, 0.29) is 0 Å². The van der Waals surface area contributed by atoms with E-state index in [0.29, 0.717) is 29.9 Å². The highest BCUT2D eigenvalue weighted by Crippen LogP contribution is 2.27. The van der Waals surface area contributed by atoms with Gasteiger partial charge < -0.3 is 10.1 Å². The molecule has 1 aromatic rings. The summed E-state index contributed by atoms with van der Waals surface area (Å²) >= 11 is 3.25. The van der Waals surface area contributed by atoms with Crippen LogP contribution in [0.4, 0.5) is 8.78 Å². The normalized spacial score (nSPS) is 13.3. The van der Waals surface area contributed by atoms with Crippen LogP contribution in [0, 0.1) is 0 Å². The minimum atomic E-state index is -2.48. The fourth-order valence-electron chi connectivity index (χ4n) is 1.56. The van der Waals surface area contributed by atoms with E-state index in [4.69, 9.17) is 4.74 Å². The first-order chi connectivity index (χ1) is 8.11. The lowest BCUT2D eigenvalue weighted by atomic mass is 10.2. The fourth-order valence-corrected chi connectivity index (χ4v) is 2.10. The van der Waals surface area contributed by atoms with Crippen molar-refractivity contribution in [2.45, 2.75) is 25.9 Å². The van der Waals surface area contributed by atoms with Crippen LogP contribution >= 0.6 is 15.9 Å². The highest BCUT2D eigenvalue weighted by molar-refractivity contribution is 9.10. The fraction of sp³-hybridized carbons (Fsp3) is 0.700. The van der Waals surface area contributed by atoms with Gasteiger partial charge in [0, 0.05) is 7.11 Å². The van der Waals surface area contributed by atoms with Crippen molar-refractivity contribution in [3.63, 3.8) is 0 Å². The second-order valence-corrected chi connectivity index (χ2v) is 4.32. The van der Waals surface area contributed by atoms with Crippen molar-refractivity contribution in [1.29, 1.82) is 0 Å². The number of halogens is 3. The van der Waals surface area contributed by atoms with Gasteiger partial charge in [-0.1, -0.05) is 6.92 Å². The summed E-state index contributed by atoms with van der Waals surface area (Å²) in [5.74, 6) is 0. The first-order valence-corrected chi connectivity index (χ1v) is 6.12.